The van der Waals surface area contributed by atoms with Gasteiger partial charge in [0.2, 0.25) is 5.79 Å². The van der Waals surface area contributed by atoms with Crippen molar-refractivity contribution in [2.24, 2.45) is 5.41 Å². The Bertz CT molecular complexity index is 557. The molecule has 2 rings (SSSR count). The highest BCUT2D eigenvalue weighted by Crippen LogP contribution is 2.41. The van der Waals surface area contributed by atoms with Gasteiger partial charge in [0.15, 0.2) is 0 Å². The summed E-state index contributed by atoms with van der Waals surface area (Å²) in [7, 11) is 2.37. The van der Waals surface area contributed by atoms with E-state index in [-0.39, 0.29) is 5.41 Å². The molecule has 1 unspecified atom stereocenters. The molecular weight excluding hydrogens is 324 g/mol. The van der Waals surface area contributed by atoms with Crippen LogP contribution in [0.1, 0.15) is 38.8 Å². The van der Waals surface area contributed by atoms with Gasteiger partial charge >= 0.3 is 8.80 Å². The van der Waals surface area contributed by atoms with Crippen LogP contribution in [0.4, 0.5) is 0 Å². The normalized spacial score (nSPS) is 21.3. The Labute approximate surface area is 146 Å². The van der Waals surface area contributed by atoms with E-state index in [4.69, 9.17) is 22.8 Å². The summed E-state index contributed by atoms with van der Waals surface area (Å²) in [5.41, 5.74) is 2.17. The average molecular weight is 355 g/mol. The van der Waals surface area contributed by atoms with Crippen molar-refractivity contribution in [3.8, 4) is 5.75 Å². The number of fused-ring (bicyclic) bond motifs is 1. The first-order valence-electron chi connectivity index (χ1n) is 8.29. The fourth-order valence-electron chi connectivity index (χ4n) is 2.68. The van der Waals surface area contributed by atoms with Crippen molar-refractivity contribution >= 4 is 8.80 Å². The zero-order valence-electron chi connectivity index (χ0n) is 15.9. The van der Waals surface area contributed by atoms with Gasteiger partial charge in [0, 0.05) is 45.3 Å². The van der Waals surface area contributed by atoms with Gasteiger partial charge in [-0.1, -0.05) is 26.8 Å². The molecule has 1 atom stereocenters. The van der Waals surface area contributed by atoms with E-state index >= 15 is 0 Å². The van der Waals surface area contributed by atoms with Crippen LogP contribution in [-0.2, 0) is 31.0 Å². The van der Waals surface area contributed by atoms with Gasteiger partial charge in [-0.15, -0.1) is 0 Å². The van der Waals surface area contributed by atoms with E-state index in [9.17, 15) is 0 Å². The first kappa shape index (κ1) is 19.4. The molecule has 1 aromatic carbocycles. The maximum absolute atomic E-state index is 6.16. The van der Waals surface area contributed by atoms with Crippen LogP contribution in [0.3, 0.4) is 0 Å². The van der Waals surface area contributed by atoms with E-state index in [2.05, 4.69) is 32.9 Å². The number of rotatable bonds is 6. The molecule has 0 aromatic heterocycles. The highest BCUT2D eigenvalue weighted by atomic mass is 28.4. The number of aryl methyl sites for hydroxylation is 1. The maximum atomic E-state index is 6.16. The second kappa shape index (κ2) is 7.13. The van der Waals surface area contributed by atoms with Crippen LogP contribution in [0.5, 0.6) is 5.75 Å². The van der Waals surface area contributed by atoms with E-state index in [0.29, 0.717) is 6.61 Å². The monoisotopic (exact) mass is 354 g/mol. The fourth-order valence-corrected chi connectivity index (χ4v) is 4.39. The van der Waals surface area contributed by atoms with E-state index in [1.54, 1.807) is 21.3 Å². The van der Waals surface area contributed by atoms with E-state index in [1.807, 2.05) is 13.0 Å². The molecule has 1 aromatic rings. The van der Waals surface area contributed by atoms with Crippen molar-refractivity contribution < 1.29 is 22.8 Å². The third kappa shape index (κ3) is 3.83. The fraction of sp³-hybridized carbons (Fsp3) is 0.667. The lowest BCUT2D eigenvalue weighted by Crippen LogP contribution is -2.49. The molecule has 136 valence electrons. The number of hydrogen-bond donors (Lipinski definition) is 0. The Morgan fingerprint density at radius 3 is 2.29 bits per heavy atom. The first-order chi connectivity index (χ1) is 11.2. The largest absolute Gasteiger partial charge is 0.500 e. The van der Waals surface area contributed by atoms with Gasteiger partial charge < -0.3 is 22.8 Å². The summed E-state index contributed by atoms with van der Waals surface area (Å²) in [4.78, 5) is 0. The van der Waals surface area contributed by atoms with Gasteiger partial charge in [-0.2, -0.15) is 0 Å². The van der Waals surface area contributed by atoms with Crippen molar-refractivity contribution in [1.29, 1.82) is 0 Å². The molecular formula is C18H30O5Si. The molecule has 6 heteroatoms. The second-order valence-electron chi connectivity index (χ2n) is 7.32. The zero-order chi connectivity index (χ0) is 18.0. The van der Waals surface area contributed by atoms with Crippen LogP contribution in [0.15, 0.2) is 18.2 Å². The summed E-state index contributed by atoms with van der Waals surface area (Å²) in [6.07, 6.45) is 0.825. The molecule has 0 saturated heterocycles. The predicted octanol–water partition coefficient (Wildman–Crippen LogP) is 3.78. The van der Waals surface area contributed by atoms with Crippen molar-refractivity contribution in [2.75, 3.05) is 21.3 Å². The van der Waals surface area contributed by atoms with Crippen LogP contribution in [-0.4, -0.2) is 35.9 Å². The quantitative estimate of drug-likeness (QED) is 0.728. The number of benzene rings is 1. The third-order valence-corrected chi connectivity index (χ3v) is 7.68. The highest BCUT2D eigenvalue weighted by molar-refractivity contribution is 6.60. The Balaban J connectivity index is 2.11. The predicted molar refractivity (Wildman–Crippen MR) is 95.0 cm³/mol. The molecule has 0 fully saturated rings. The zero-order valence-corrected chi connectivity index (χ0v) is 16.9. The summed E-state index contributed by atoms with van der Waals surface area (Å²) < 4.78 is 28.6. The Morgan fingerprint density at radius 2 is 1.75 bits per heavy atom. The molecule has 0 bridgehead atoms. The summed E-state index contributed by atoms with van der Waals surface area (Å²) in [6.45, 7) is 8.92. The van der Waals surface area contributed by atoms with E-state index in [0.717, 1.165) is 23.8 Å². The molecule has 0 aliphatic carbocycles. The van der Waals surface area contributed by atoms with Crippen LogP contribution in [0.25, 0.3) is 0 Å². The molecule has 24 heavy (non-hydrogen) atoms. The lowest BCUT2D eigenvalue weighted by atomic mass is 9.85. The maximum Gasteiger partial charge on any atom is 0.500 e. The van der Waals surface area contributed by atoms with Crippen LogP contribution < -0.4 is 4.74 Å². The molecule has 0 radical (unpaired) electrons. The number of hydrogen-bond acceptors (Lipinski definition) is 5. The molecule has 0 spiro atoms. The second-order valence-corrected chi connectivity index (χ2v) is 10.4. The van der Waals surface area contributed by atoms with Gasteiger partial charge in [0.25, 0.3) is 0 Å². The summed E-state index contributed by atoms with van der Waals surface area (Å²) in [5.74, 6) is 0.280. The minimum absolute atomic E-state index is 0.107. The Hall–Kier alpha value is -0.923. The minimum Gasteiger partial charge on any atom is -0.462 e. The standard InChI is InChI=1S/C18H30O5Si/c1-17(2,3)18(4)22-13-15-12-14(8-9-16(15)23-18)10-11-24(19-5,20-6)21-7/h8-9,12H,10-11,13H2,1-7H3. The van der Waals surface area contributed by atoms with Crippen molar-refractivity contribution in [2.45, 2.75) is 52.6 Å². The summed E-state index contributed by atoms with van der Waals surface area (Å²) in [5, 5.41) is 0. The van der Waals surface area contributed by atoms with E-state index in [1.165, 1.54) is 5.56 Å². The lowest BCUT2D eigenvalue weighted by Gasteiger charge is -2.44. The summed E-state index contributed by atoms with van der Waals surface area (Å²) in [6, 6.07) is 6.99. The van der Waals surface area contributed by atoms with Gasteiger partial charge in [0.1, 0.15) is 5.75 Å². The molecule has 5 nitrogen and oxygen atoms in total. The Kier molecular flexibility index (Phi) is 5.77. The number of ether oxygens (including phenoxy) is 2. The van der Waals surface area contributed by atoms with Crippen LogP contribution >= 0.6 is 0 Å². The molecule has 1 heterocycles. The van der Waals surface area contributed by atoms with Gasteiger partial charge in [0.05, 0.1) is 6.61 Å². The minimum atomic E-state index is -2.55. The van der Waals surface area contributed by atoms with Crippen LogP contribution in [0.2, 0.25) is 6.04 Å². The summed E-state index contributed by atoms with van der Waals surface area (Å²) >= 11 is 0. The molecule has 1 aliphatic rings. The third-order valence-electron chi connectivity index (χ3n) is 4.95. The molecule has 0 saturated carbocycles. The SMILES string of the molecule is CO[Si](CCc1ccc2c(c1)COC(C)(C(C)(C)C)O2)(OC)OC. The van der Waals surface area contributed by atoms with Crippen molar-refractivity contribution in [3.63, 3.8) is 0 Å². The van der Waals surface area contributed by atoms with Gasteiger partial charge in [-0.25, -0.2) is 0 Å². The Morgan fingerprint density at radius 1 is 1.12 bits per heavy atom. The van der Waals surface area contributed by atoms with Gasteiger partial charge in [-0.3, -0.25) is 0 Å². The average Bonchev–Trinajstić information content (AvgIpc) is 2.55. The first-order valence-corrected chi connectivity index (χ1v) is 10.2. The molecule has 0 N–H and O–H groups in total. The smallest absolute Gasteiger partial charge is 0.462 e. The van der Waals surface area contributed by atoms with Gasteiger partial charge in [-0.05, 0) is 24.1 Å². The lowest BCUT2D eigenvalue weighted by molar-refractivity contribution is -0.249. The van der Waals surface area contributed by atoms with E-state index < -0.39 is 14.6 Å². The van der Waals surface area contributed by atoms with Crippen molar-refractivity contribution in [1.82, 2.24) is 0 Å². The molecule has 0 amide bonds. The highest BCUT2D eigenvalue weighted by Gasteiger charge is 2.44. The topological polar surface area (TPSA) is 46.2 Å². The van der Waals surface area contributed by atoms with Crippen LogP contribution in [0, 0.1) is 5.41 Å². The molecule has 1 aliphatic heterocycles. The van der Waals surface area contributed by atoms with Crippen molar-refractivity contribution in [3.05, 3.63) is 29.3 Å².